The highest BCUT2D eigenvalue weighted by atomic mass is 19.4. The molecule has 0 aliphatic heterocycles. The number of rotatable bonds is 6. The van der Waals surface area contributed by atoms with Gasteiger partial charge >= 0.3 is 6.18 Å². The van der Waals surface area contributed by atoms with Gasteiger partial charge in [0.15, 0.2) is 0 Å². The largest absolute Gasteiger partial charge is 0.411 e. The van der Waals surface area contributed by atoms with Crippen LogP contribution in [-0.4, -0.2) is 34.7 Å². The first-order valence-corrected chi connectivity index (χ1v) is 6.92. The molecule has 0 amide bonds. The van der Waals surface area contributed by atoms with E-state index in [-0.39, 0.29) is 12.1 Å². The first kappa shape index (κ1) is 18.0. The van der Waals surface area contributed by atoms with Crippen molar-refractivity contribution >= 4 is 0 Å². The van der Waals surface area contributed by atoms with Crippen LogP contribution < -0.4 is 5.32 Å². The fourth-order valence-electron chi connectivity index (χ4n) is 1.90. The number of nitrogens with zero attached hydrogens (tertiary/aromatic N) is 2. The van der Waals surface area contributed by atoms with Crippen molar-refractivity contribution in [2.45, 2.75) is 59.4 Å². The second-order valence-electron chi connectivity index (χ2n) is 6.14. The van der Waals surface area contributed by atoms with E-state index in [1.54, 1.807) is 4.68 Å². The van der Waals surface area contributed by atoms with Crippen LogP contribution in [0.25, 0.3) is 0 Å². The van der Waals surface area contributed by atoms with Crippen molar-refractivity contribution in [1.29, 1.82) is 0 Å². The van der Waals surface area contributed by atoms with Gasteiger partial charge in [-0.3, -0.25) is 4.68 Å². The molecule has 1 N–H and O–H groups in total. The summed E-state index contributed by atoms with van der Waals surface area (Å²) in [7, 11) is 0. The second-order valence-corrected chi connectivity index (χ2v) is 6.14. The summed E-state index contributed by atoms with van der Waals surface area (Å²) >= 11 is 0. The molecule has 1 rings (SSSR count). The molecular formula is C14H24F3N3O. The molecule has 1 aromatic rings. The van der Waals surface area contributed by atoms with Gasteiger partial charge in [-0.2, -0.15) is 18.3 Å². The summed E-state index contributed by atoms with van der Waals surface area (Å²) in [4.78, 5) is 0. The van der Waals surface area contributed by atoms with E-state index in [2.05, 4.69) is 35.9 Å². The minimum atomic E-state index is -4.28. The van der Waals surface area contributed by atoms with Crippen molar-refractivity contribution in [3.63, 3.8) is 0 Å². The van der Waals surface area contributed by atoms with E-state index in [1.807, 2.05) is 13.8 Å². The van der Waals surface area contributed by atoms with Gasteiger partial charge in [-0.1, -0.05) is 0 Å². The summed E-state index contributed by atoms with van der Waals surface area (Å²) in [5, 5.41) is 7.75. The molecular weight excluding hydrogens is 283 g/mol. The lowest BCUT2D eigenvalue weighted by atomic mass is 10.1. The van der Waals surface area contributed by atoms with Gasteiger partial charge in [0.05, 0.1) is 18.8 Å². The van der Waals surface area contributed by atoms with E-state index in [0.29, 0.717) is 13.1 Å². The Bertz CT molecular complexity index is 461. The lowest BCUT2D eigenvalue weighted by molar-refractivity contribution is -0.174. The van der Waals surface area contributed by atoms with Gasteiger partial charge in [0, 0.05) is 23.3 Å². The maximum atomic E-state index is 12.0. The van der Waals surface area contributed by atoms with Gasteiger partial charge in [0.1, 0.15) is 6.61 Å². The molecule has 0 atom stereocenters. The van der Waals surface area contributed by atoms with E-state index in [9.17, 15) is 13.2 Å². The summed E-state index contributed by atoms with van der Waals surface area (Å²) in [6.45, 7) is 9.83. The third-order valence-corrected chi connectivity index (χ3v) is 3.04. The Morgan fingerprint density at radius 1 is 1.19 bits per heavy atom. The molecule has 0 aliphatic rings. The third kappa shape index (κ3) is 6.48. The van der Waals surface area contributed by atoms with Crippen LogP contribution in [0, 0.1) is 13.8 Å². The summed E-state index contributed by atoms with van der Waals surface area (Å²) in [6, 6.07) is 0. The van der Waals surface area contributed by atoms with E-state index < -0.39 is 12.8 Å². The predicted octanol–water partition coefficient (Wildman–Crippen LogP) is 2.97. The van der Waals surface area contributed by atoms with Crippen molar-refractivity contribution in [3.05, 3.63) is 17.0 Å². The molecule has 4 nitrogen and oxygen atoms in total. The fraction of sp³-hybridized carbons (Fsp3) is 0.786. The number of aromatic nitrogens is 2. The molecule has 0 saturated carbocycles. The van der Waals surface area contributed by atoms with E-state index in [0.717, 1.165) is 17.0 Å². The Labute approximate surface area is 123 Å². The SMILES string of the molecule is Cc1nn(CCOCC(F)(F)F)c(C)c1CNC(C)(C)C. The quantitative estimate of drug-likeness (QED) is 0.821. The number of aryl methyl sites for hydroxylation is 1. The van der Waals surface area contributed by atoms with Crippen LogP contribution in [0.5, 0.6) is 0 Å². The number of hydrogen-bond acceptors (Lipinski definition) is 3. The van der Waals surface area contributed by atoms with Gasteiger partial charge in [0.25, 0.3) is 0 Å². The van der Waals surface area contributed by atoms with Gasteiger partial charge in [-0.05, 0) is 34.6 Å². The molecule has 21 heavy (non-hydrogen) atoms. The minimum absolute atomic E-state index is 0.00317. The van der Waals surface area contributed by atoms with Crippen LogP contribution in [-0.2, 0) is 17.8 Å². The van der Waals surface area contributed by atoms with Crippen LogP contribution in [0.15, 0.2) is 0 Å². The smallest absolute Gasteiger partial charge is 0.370 e. The number of nitrogens with one attached hydrogen (secondary N) is 1. The zero-order valence-electron chi connectivity index (χ0n) is 13.3. The highest BCUT2D eigenvalue weighted by Crippen LogP contribution is 2.16. The van der Waals surface area contributed by atoms with E-state index in [4.69, 9.17) is 0 Å². The van der Waals surface area contributed by atoms with Crippen LogP contribution in [0.3, 0.4) is 0 Å². The highest BCUT2D eigenvalue weighted by Gasteiger charge is 2.27. The Morgan fingerprint density at radius 3 is 2.33 bits per heavy atom. The number of ether oxygens (including phenoxy) is 1. The number of hydrogen-bond donors (Lipinski definition) is 1. The third-order valence-electron chi connectivity index (χ3n) is 3.04. The number of alkyl halides is 3. The molecule has 0 spiro atoms. The molecule has 0 saturated heterocycles. The first-order valence-electron chi connectivity index (χ1n) is 6.92. The molecule has 0 unspecified atom stereocenters. The Balaban J connectivity index is 2.57. The average molecular weight is 307 g/mol. The fourth-order valence-corrected chi connectivity index (χ4v) is 1.90. The van der Waals surface area contributed by atoms with E-state index >= 15 is 0 Å². The zero-order chi connectivity index (χ0) is 16.3. The molecule has 7 heteroatoms. The van der Waals surface area contributed by atoms with Crippen molar-refractivity contribution < 1.29 is 17.9 Å². The van der Waals surface area contributed by atoms with Gasteiger partial charge < -0.3 is 10.1 Å². The summed E-state index contributed by atoms with van der Waals surface area (Å²) in [6.07, 6.45) is -4.28. The molecule has 0 aliphatic carbocycles. The second kappa shape index (κ2) is 6.79. The monoisotopic (exact) mass is 307 g/mol. The van der Waals surface area contributed by atoms with Crippen LogP contribution in [0.4, 0.5) is 13.2 Å². The first-order chi connectivity index (χ1) is 9.49. The summed E-state index contributed by atoms with van der Waals surface area (Å²) in [5.74, 6) is 0. The van der Waals surface area contributed by atoms with Crippen LogP contribution in [0.2, 0.25) is 0 Å². The molecule has 1 heterocycles. The Morgan fingerprint density at radius 2 is 1.81 bits per heavy atom. The zero-order valence-corrected chi connectivity index (χ0v) is 13.3. The average Bonchev–Trinajstić information content (AvgIpc) is 2.55. The molecule has 0 radical (unpaired) electrons. The summed E-state index contributed by atoms with van der Waals surface area (Å²) in [5.41, 5.74) is 2.93. The van der Waals surface area contributed by atoms with Gasteiger partial charge in [-0.15, -0.1) is 0 Å². The maximum Gasteiger partial charge on any atom is 0.411 e. The molecule has 122 valence electrons. The topological polar surface area (TPSA) is 39.1 Å². The summed E-state index contributed by atoms with van der Waals surface area (Å²) < 4.78 is 42.3. The predicted molar refractivity (Wildman–Crippen MR) is 75.2 cm³/mol. The lowest BCUT2D eigenvalue weighted by Crippen LogP contribution is -2.35. The van der Waals surface area contributed by atoms with Crippen LogP contribution >= 0.6 is 0 Å². The van der Waals surface area contributed by atoms with Gasteiger partial charge in [0.2, 0.25) is 0 Å². The molecule has 0 fully saturated rings. The minimum Gasteiger partial charge on any atom is -0.370 e. The molecule has 0 aromatic carbocycles. The standard InChI is InChI=1S/C14H24F3N3O/c1-10-12(8-18-13(3,4)5)11(2)20(19-10)6-7-21-9-14(15,16)17/h18H,6-9H2,1-5H3. The van der Waals surface area contributed by atoms with Crippen molar-refractivity contribution in [2.24, 2.45) is 0 Å². The Hall–Kier alpha value is -1.08. The van der Waals surface area contributed by atoms with Crippen molar-refractivity contribution in [2.75, 3.05) is 13.2 Å². The molecule has 0 bridgehead atoms. The van der Waals surface area contributed by atoms with Crippen molar-refractivity contribution in [3.8, 4) is 0 Å². The normalized spacial score (nSPS) is 13.0. The maximum absolute atomic E-state index is 12.0. The molecule has 1 aromatic heterocycles. The highest BCUT2D eigenvalue weighted by molar-refractivity contribution is 5.24. The van der Waals surface area contributed by atoms with Crippen molar-refractivity contribution in [1.82, 2.24) is 15.1 Å². The van der Waals surface area contributed by atoms with Crippen LogP contribution in [0.1, 0.15) is 37.7 Å². The van der Waals surface area contributed by atoms with Gasteiger partial charge in [-0.25, -0.2) is 0 Å². The van der Waals surface area contributed by atoms with E-state index in [1.165, 1.54) is 0 Å². The Kier molecular flexibility index (Phi) is 5.81. The lowest BCUT2D eigenvalue weighted by Gasteiger charge is -2.20. The number of halogens is 3.